The van der Waals surface area contributed by atoms with Gasteiger partial charge in [0.1, 0.15) is 11.5 Å². The van der Waals surface area contributed by atoms with E-state index in [4.69, 9.17) is 14.6 Å². The van der Waals surface area contributed by atoms with E-state index in [-0.39, 0.29) is 30.7 Å². The first kappa shape index (κ1) is 21.7. The molecule has 3 aromatic rings. The molecule has 0 aliphatic rings. The lowest BCUT2D eigenvalue weighted by molar-refractivity contribution is -0.121. The van der Waals surface area contributed by atoms with Gasteiger partial charge >= 0.3 is 0 Å². The van der Waals surface area contributed by atoms with Gasteiger partial charge in [-0.05, 0) is 42.0 Å². The summed E-state index contributed by atoms with van der Waals surface area (Å²) in [6.07, 6.45) is 0.226. The van der Waals surface area contributed by atoms with Crippen LogP contribution in [0.15, 0.2) is 53.7 Å². The molecular weight excluding hydrogens is 404 g/mol. The first-order valence-corrected chi connectivity index (χ1v) is 10.3. The average molecular weight is 429 g/mol. The number of hydrogen-bond donors (Lipinski definition) is 3. The summed E-state index contributed by atoms with van der Waals surface area (Å²) in [4.78, 5) is 16.8. The Morgan fingerprint density at radius 1 is 1.10 bits per heavy atom. The molecule has 3 rings (SSSR count). The molecule has 1 atom stereocenters. The number of aromatic nitrogens is 3. The van der Waals surface area contributed by atoms with Crippen molar-refractivity contribution in [3.8, 4) is 22.9 Å². The Morgan fingerprint density at radius 2 is 1.73 bits per heavy atom. The number of aromatic amines is 1. The molecule has 0 spiro atoms. The lowest BCUT2D eigenvalue weighted by atomic mass is 10.1. The van der Waals surface area contributed by atoms with Crippen LogP contribution in [0.3, 0.4) is 0 Å². The van der Waals surface area contributed by atoms with Gasteiger partial charge in [0.2, 0.25) is 11.1 Å². The van der Waals surface area contributed by atoms with Crippen LogP contribution < -0.4 is 14.8 Å². The van der Waals surface area contributed by atoms with Crippen molar-refractivity contribution in [3.63, 3.8) is 0 Å². The van der Waals surface area contributed by atoms with Crippen LogP contribution in [0.2, 0.25) is 0 Å². The molecule has 0 saturated heterocycles. The van der Waals surface area contributed by atoms with Gasteiger partial charge in [-0.2, -0.15) is 0 Å². The van der Waals surface area contributed by atoms with Crippen molar-refractivity contribution in [3.05, 3.63) is 54.1 Å². The largest absolute Gasteiger partial charge is 0.497 e. The molecule has 1 amide bonds. The van der Waals surface area contributed by atoms with Crippen molar-refractivity contribution >= 4 is 17.7 Å². The Bertz CT molecular complexity index is 944. The summed E-state index contributed by atoms with van der Waals surface area (Å²) in [5, 5.41) is 19.2. The molecule has 0 unspecified atom stereocenters. The number of methoxy groups -OCH3 is 2. The number of aliphatic hydroxyl groups is 1. The summed E-state index contributed by atoms with van der Waals surface area (Å²) < 4.78 is 10.4. The maximum atomic E-state index is 12.3. The monoisotopic (exact) mass is 428 g/mol. The summed E-state index contributed by atoms with van der Waals surface area (Å²) >= 11 is 1.40. The van der Waals surface area contributed by atoms with Crippen LogP contribution in [0.5, 0.6) is 11.5 Å². The van der Waals surface area contributed by atoms with E-state index < -0.39 is 0 Å². The van der Waals surface area contributed by atoms with E-state index >= 15 is 0 Å². The fourth-order valence-electron chi connectivity index (χ4n) is 2.79. The number of nitrogens with one attached hydrogen (secondary N) is 2. The molecule has 2 aromatic carbocycles. The minimum atomic E-state index is -0.200. The Hall–Kier alpha value is -3.04. The Labute approximate surface area is 179 Å². The van der Waals surface area contributed by atoms with E-state index in [1.165, 1.54) is 11.8 Å². The van der Waals surface area contributed by atoms with Crippen LogP contribution in [-0.4, -0.2) is 53.6 Å². The first-order chi connectivity index (χ1) is 14.6. The first-order valence-electron chi connectivity index (χ1n) is 9.38. The lowest BCUT2D eigenvalue weighted by Crippen LogP contribution is -2.27. The van der Waals surface area contributed by atoms with E-state index in [0.29, 0.717) is 11.0 Å². The van der Waals surface area contributed by atoms with Gasteiger partial charge in [-0.25, -0.2) is 4.98 Å². The second-order valence-corrected chi connectivity index (χ2v) is 7.52. The smallest absolute Gasteiger partial charge is 0.221 e. The number of rotatable bonds is 10. The van der Waals surface area contributed by atoms with Gasteiger partial charge in [-0.1, -0.05) is 23.9 Å². The zero-order chi connectivity index (χ0) is 21.3. The number of carbonyl (C=O) groups excluding carboxylic acids is 1. The van der Waals surface area contributed by atoms with Crippen LogP contribution in [0, 0.1) is 0 Å². The molecule has 158 valence electrons. The number of amides is 1. The maximum absolute atomic E-state index is 12.3. The molecule has 1 heterocycles. The highest BCUT2D eigenvalue weighted by Crippen LogP contribution is 2.37. The van der Waals surface area contributed by atoms with Gasteiger partial charge in [-0.15, -0.1) is 5.10 Å². The third kappa shape index (κ3) is 5.74. The number of ether oxygens (including phenoxy) is 2. The van der Waals surface area contributed by atoms with Gasteiger partial charge < -0.3 is 19.9 Å². The summed E-state index contributed by atoms with van der Waals surface area (Å²) in [6.45, 7) is 0.124. The van der Waals surface area contributed by atoms with Crippen LogP contribution in [0.1, 0.15) is 17.2 Å². The molecule has 0 fully saturated rings. The zero-order valence-electron chi connectivity index (χ0n) is 16.8. The Balaban J connectivity index is 1.77. The molecule has 0 radical (unpaired) electrons. The van der Waals surface area contributed by atoms with Crippen molar-refractivity contribution in [1.29, 1.82) is 0 Å². The highest BCUT2D eigenvalue weighted by Gasteiger charge is 2.20. The standard InChI is InChI=1S/C21H24N4O4S/c1-28-16-7-3-14(4-8-16)18(13-19(27)22-11-12-26)30-21-23-20(24-25-21)15-5-9-17(29-2)10-6-15/h3-10,18,26H,11-13H2,1-2H3,(H,22,27)(H,23,24,25)/t18-/m0/s1. The topological polar surface area (TPSA) is 109 Å². The fourth-order valence-corrected chi connectivity index (χ4v) is 3.81. The van der Waals surface area contributed by atoms with E-state index in [9.17, 15) is 4.79 Å². The molecule has 0 bridgehead atoms. The second-order valence-electron chi connectivity index (χ2n) is 6.35. The molecule has 9 heteroatoms. The summed E-state index contributed by atoms with van der Waals surface area (Å²) in [7, 11) is 3.23. The molecule has 0 aliphatic carbocycles. The molecule has 0 aliphatic heterocycles. The number of carbonyl (C=O) groups is 1. The molecule has 0 saturated carbocycles. The highest BCUT2D eigenvalue weighted by molar-refractivity contribution is 7.99. The van der Waals surface area contributed by atoms with Gasteiger partial charge in [0.15, 0.2) is 5.82 Å². The predicted molar refractivity (Wildman–Crippen MR) is 115 cm³/mol. The molecular formula is C21H24N4O4S. The summed E-state index contributed by atoms with van der Waals surface area (Å²) in [5.74, 6) is 2.00. The van der Waals surface area contributed by atoms with Crippen molar-refractivity contribution in [1.82, 2.24) is 20.5 Å². The molecule has 3 N–H and O–H groups in total. The SMILES string of the molecule is COc1ccc(-c2nc(S[C@@H](CC(=O)NCCO)c3ccc(OC)cc3)n[nH]2)cc1. The zero-order valence-corrected chi connectivity index (χ0v) is 17.6. The lowest BCUT2D eigenvalue weighted by Gasteiger charge is -2.15. The van der Waals surface area contributed by atoms with Crippen LogP contribution in [0.25, 0.3) is 11.4 Å². The fraction of sp³-hybridized carbons (Fsp3) is 0.286. The number of H-pyrrole nitrogens is 1. The van der Waals surface area contributed by atoms with Crippen LogP contribution in [-0.2, 0) is 4.79 Å². The van der Waals surface area contributed by atoms with Crippen LogP contribution in [0.4, 0.5) is 0 Å². The third-order valence-corrected chi connectivity index (χ3v) is 5.49. The number of hydrogen-bond acceptors (Lipinski definition) is 7. The minimum absolute atomic E-state index is 0.0990. The van der Waals surface area contributed by atoms with Gasteiger partial charge in [0, 0.05) is 23.8 Å². The molecule has 8 nitrogen and oxygen atoms in total. The van der Waals surface area contributed by atoms with Crippen molar-refractivity contribution in [2.24, 2.45) is 0 Å². The van der Waals surface area contributed by atoms with Gasteiger partial charge in [0.25, 0.3) is 0 Å². The van der Waals surface area contributed by atoms with Crippen LogP contribution >= 0.6 is 11.8 Å². The number of aliphatic hydroxyl groups excluding tert-OH is 1. The highest BCUT2D eigenvalue weighted by atomic mass is 32.2. The Morgan fingerprint density at radius 3 is 2.33 bits per heavy atom. The van der Waals surface area contributed by atoms with E-state index in [1.807, 2.05) is 48.5 Å². The van der Waals surface area contributed by atoms with Crippen molar-refractivity contribution < 1.29 is 19.4 Å². The third-order valence-electron chi connectivity index (χ3n) is 4.37. The normalized spacial score (nSPS) is 11.7. The second kappa shape index (κ2) is 10.7. The van der Waals surface area contributed by atoms with Gasteiger partial charge in [0.05, 0.1) is 20.8 Å². The van der Waals surface area contributed by atoms with Gasteiger partial charge in [-0.3, -0.25) is 9.89 Å². The predicted octanol–water partition coefficient (Wildman–Crippen LogP) is 2.82. The number of benzene rings is 2. The van der Waals surface area contributed by atoms with Crippen molar-refractivity contribution in [2.45, 2.75) is 16.8 Å². The maximum Gasteiger partial charge on any atom is 0.221 e. The molecule has 30 heavy (non-hydrogen) atoms. The van der Waals surface area contributed by atoms with E-state index in [1.54, 1.807) is 14.2 Å². The van der Waals surface area contributed by atoms with E-state index in [0.717, 1.165) is 22.6 Å². The summed E-state index contributed by atoms with van der Waals surface area (Å²) in [6, 6.07) is 15.1. The minimum Gasteiger partial charge on any atom is -0.497 e. The van der Waals surface area contributed by atoms with E-state index in [2.05, 4.69) is 20.5 Å². The van der Waals surface area contributed by atoms with Crippen molar-refractivity contribution in [2.75, 3.05) is 27.4 Å². The molecule has 1 aromatic heterocycles. The number of nitrogens with zero attached hydrogens (tertiary/aromatic N) is 2. The number of thioether (sulfide) groups is 1. The summed E-state index contributed by atoms with van der Waals surface area (Å²) in [5.41, 5.74) is 1.84. The average Bonchev–Trinajstić information content (AvgIpc) is 3.26. The Kier molecular flexibility index (Phi) is 7.69. The quantitative estimate of drug-likeness (QED) is 0.426.